The summed E-state index contributed by atoms with van der Waals surface area (Å²) < 4.78 is 24.2. The maximum atomic E-state index is 13.8. The van der Waals surface area contributed by atoms with Gasteiger partial charge in [-0.2, -0.15) is 0 Å². The van der Waals surface area contributed by atoms with Gasteiger partial charge in [0.2, 0.25) is 0 Å². The number of nitrogens with zero attached hydrogens (tertiary/aromatic N) is 1. The molecule has 0 amide bonds. The number of aliphatic hydroxyl groups is 1. The van der Waals surface area contributed by atoms with Crippen LogP contribution >= 0.6 is 0 Å². The van der Waals surface area contributed by atoms with Gasteiger partial charge in [-0.25, -0.2) is 4.39 Å². The number of hydrogen-bond acceptors (Lipinski definition) is 4. The maximum Gasteiger partial charge on any atom is 0.165 e. The first-order valence-corrected chi connectivity index (χ1v) is 7.40. The van der Waals surface area contributed by atoms with Gasteiger partial charge in [0.25, 0.3) is 0 Å². The van der Waals surface area contributed by atoms with Crippen molar-refractivity contribution in [3.63, 3.8) is 0 Å². The highest BCUT2D eigenvalue weighted by molar-refractivity contribution is 5.29. The van der Waals surface area contributed by atoms with Crippen molar-refractivity contribution < 1.29 is 19.0 Å². The smallest absolute Gasteiger partial charge is 0.165 e. The van der Waals surface area contributed by atoms with E-state index < -0.39 is 0 Å². The van der Waals surface area contributed by atoms with E-state index >= 15 is 0 Å². The first-order chi connectivity index (χ1) is 10.2. The van der Waals surface area contributed by atoms with Gasteiger partial charge in [0.15, 0.2) is 11.6 Å². The molecule has 0 bridgehead atoms. The van der Waals surface area contributed by atoms with Crippen LogP contribution in [0.4, 0.5) is 4.39 Å². The van der Waals surface area contributed by atoms with E-state index in [0.29, 0.717) is 19.1 Å². The Kier molecular flexibility index (Phi) is 4.15. The molecule has 0 saturated carbocycles. The highest BCUT2D eigenvalue weighted by Crippen LogP contribution is 2.42. The Morgan fingerprint density at radius 1 is 1.52 bits per heavy atom. The summed E-state index contributed by atoms with van der Waals surface area (Å²) in [5.74, 6) is 0.320. The standard InChI is InChI=1S/C16H22FNO3/c1-20-15-3-2-12(6-14(15)17)7-18-8-13-9-21-5-4-16(13,10-18)11-19/h2-3,6,13,19H,4-5,7-11H2,1H3/t13-,16-/m1/s1. The van der Waals surface area contributed by atoms with Crippen LogP contribution in [0.15, 0.2) is 18.2 Å². The minimum Gasteiger partial charge on any atom is -0.494 e. The van der Waals surface area contributed by atoms with Gasteiger partial charge < -0.3 is 14.6 Å². The minimum absolute atomic E-state index is 0.0384. The van der Waals surface area contributed by atoms with Crippen molar-refractivity contribution >= 4 is 0 Å². The lowest BCUT2D eigenvalue weighted by Gasteiger charge is -2.36. The number of rotatable bonds is 4. The molecule has 2 heterocycles. The van der Waals surface area contributed by atoms with E-state index in [-0.39, 0.29) is 23.6 Å². The first-order valence-electron chi connectivity index (χ1n) is 7.40. The van der Waals surface area contributed by atoms with Gasteiger partial charge in [0.05, 0.1) is 20.3 Å². The molecule has 0 unspecified atom stereocenters. The second kappa shape index (κ2) is 5.91. The lowest BCUT2D eigenvalue weighted by atomic mass is 9.75. The van der Waals surface area contributed by atoms with Gasteiger partial charge in [-0.15, -0.1) is 0 Å². The fourth-order valence-electron chi connectivity index (χ4n) is 3.60. The number of hydrogen-bond donors (Lipinski definition) is 1. The monoisotopic (exact) mass is 295 g/mol. The predicted molar refractivity (Wildman–Crippen MR) is 76.7 cm³/mol. The summed E-state index contributed by atoms with van der Waals surface area (Å²) >= 11 is 0. The van der Waals surface area contributed by atoms with E-state index in [1.807, 2.05) is 6.07 Å². The van der Waals surface area contributed by atoms with Crippen molar-refractivity contribution in [2.75, 3.05) is 40.0 Å². The Labute approximate surface area is 124 Å². The van der Waals surface area contributed by atoms with Gasteiger partial charge in [-0.3, -0.25) is 4.90 Å². The normalized spacial score (nSPS) is 29.4. The average molecular weight is 295 g/mol. The zero-order valence-corrected chi connectivity index (χ0v) is 12.3. The summed E-state index contributed by atoms with van der Waals surface area (Å²) in [6, 6.07) is 5.09. The van der Waals surface area contributed by atoms with Crippen molar-refractivity contribution in [1.82, 2.24) is 4.90 Å². The number of halogens is 1. The Balaban J connectivity index is 1.70. The minimum atomic E-state index is -0.327. The number of aliphatic hydroxyl groups excluding tert-OH is 1. The predicted octanol–water partition coefficient (Wildman–Crippen LogP) is 1.67. The van der Waals surface area contributed by atoms with E-state index in [4.69, 9.17) is 9.47 Å². The Morgan fingerprint density at radius 3 is 3.05 bits per heavy atom. The molecule has 3 rings (SSSR count). The van der Waals surface area contributed by atoms with Gasteiger partial charge in [-0.05, 0) is 24.1 Å². The number of ether oxygens (including phenoxy) is 2. The third-order valence-corrected chi connectivity index (χ3v) is 4.88. The highest BCUT2D eigenvalue weighted by atomic mass is 19.1. The Hall–Kier alpha value is -1.17. The van der Waals surface area contributed by atoms with Crippen LogP contribution in [0.5, 0.6) is 5.75 Å². The largest absolute Gasteiger partial charge is 0.494 e. The van der Waals surface area contributed by atoms with Crippen LogP contribution in [0.3, 0.4) is 0 Å². The number of fused-ring (bicyclic) bond motifs is 1. The molecule has 2 saturated heterocycles. The quantitative estimate of drug-likeness (QED) is 0.917. The van der Waals surface area contributed by atoms with Crippen LogP contribution < -0.4 is 4.74 Å². The third kappa shape index (κ3) is 2.78. The van der Waals surface area contributed by atoms with Crippen LogP contribution in [0.1, 0.15) is 12.0 Å². The van der Waals surface area contributed by atoms with Crippen LogP contribution in [-0.4, -0.2) is 50.0 Å². The van der Waals surface area contributed by atoms with Crippen molar-refractivity contribution in [2.24, 2.45) is 11.3 Å². The summed E-state index contributed by atoms with van der Waals surface area (Å²) in [6.45, 7) is 4.09. The number of methoxy groups -OCH3 is 1. The SMILES string of the molecule is COc1ccc(CN2C[C@@H]3COCC[C@]3(CO)C2)cc1F. The second-order valence-corrected chi connectivity index (χ2v) is 6.18. The first kappa shape index (κ1) is 14.8. The van der Waals surface area contributed by atoms with Gasteiger partial charge >= 0.3 is 0 Å². The Bertz CT molecular complexity index is 510. The molecule has 4 nitrogen and oxygen atoms in total. The number of benzene rings is 1. The van der Waals surface area contributed by atoms with Crippen LogP contribution in [0.25, 0.3) is 0 Å². The van der Waals surface area contributed by atoms with Crippen molar-refractivity contribution in [3.8, 4) is 5.75 Å². The summed E-state index contributed by atoms with van der Waals surface area (Å²) in [7, 11) is 1.47. The molecule has 1 aromatic carbocycles. The van der Waals surface area contributed by atoms with Crippen LogP contribution in [0.2, 0.25) is 0 Å². The molecule has 0 spiro atoms. The van der Waals surface area contributed by atoms with E-state index in [1.54, 1.807) is 6.07 Å². The summed E-state index contributed by atoms with van der Waals surface area (Å²) in [5, 5.41) is 9.79. The molecular formula is C16H22FNO3. The second-order valence-electron chi connectivity index (χ2n) is 6.18. The topological polar surface area (TPSA) is 41.9 Å². The van der Waals surface area contributed by atoms with Crippen LogP contribution in [-0.2, 0) is 11.3 Å². The summed E-state index contributed by atoms with van der Waals surface area (Å²) in [6.07, 6.45) is 0.904. The lowest BCUT2D eigenvalue weighted by Crippen LogP contribution is -2.41. The molecule has 0 aromatic heterocycles. The zero-order valence-electron chi connectivity index (χ0n) is 12.3. The van der Waals surface area contributed by atoms with Crippen molar-refractivity contribution in [3.05, 3.63) is 29.6 Å². The summed E-state index contributed by atoms with van der Waals surface area (Å²) in [5.41, 5.74) is 0.893. The fraction of sp³-hybridized carbons (Fsp3) is 0.625. The molecule has 0 aliphatic carbocycles. The molecule has 2 aliphatic rings. The molecule has 5 heteroatoms. The van der Waals surface area contributed by atoms with Crippen molar-refractivity contribution in [2.45, 2.75) is 13.0 Å². The molecule has 116 valence electrons. The van der Waals surface area contributed by atoms with E-state index in [2.05, 4.69) is 4.90 Å². The lowest BCUT2D eigenvalue weighted by molar-refractivity contribution is -0.0417. The van der Waals surface area contributed by atoms with Gasteiger partial charge in [0, 0.05) is 37.6 Å². The summed E-state index contributed by atoms with van der Waals surface area (Å²) in [4.78, 5) is 2.29. The van der Waals surface area contributed by atoms with E-state index in [9.17, 15) is 9.50 Å². The van der Waals surface area contributed by atoms with E-state index in [0.717, 1.165) is 31.7 Å². The molecule has 2 atom stereocenters. The van der Waals surface area contributed by atoms with Gasteiger partial charge in [0.1, 0.15) is 0 Å². The van der Waals surface area contributed by atoms with Crippen LogP contribution in [0, 0.1) is 17.2 Å². The Morgan fingerprint density at radius 2 is 2.38 bits per heavy atom. The molecule has 1 aromatic rings. The molecular weight excluding hydrogens is 273 g/mol. The third-order valence-electron chi connectivity index (χ3n) is 4.88. The number of likely N-dealkylation sites (tertiary alicyclic amines) is 1. The average Bonchev–Trinajstić information content (AvgIpc) is 2.86. The molecule has 2 fully saturated rings. The molecule has 1 N–H and O–H groups in total. The molecule has 21 heavy (non-hydrogen) atoms. The fourth-order valence-corrected chi connectivity index (χ4v) is 3.60. The highest BCUT2D eigenvalue weighted by Gasteiger charge is 2.47. The van der Waals surface area contributed by atoms with E-state index in [1.165, 1.54) is 13.2 Å². The van der Waals surface area contributed by atoms with Gasteiger partial charge in [-0.1, -0.05) is 6.07 Å². The molecule has 2 aliphatic heterocycles. The zero-order chi connectivity index (χ0) is 14.9. The van der Waals surface area contributed by atoms with Crippen molar-refractivity contribution in [1.29, 1.82) is 0 Å². The maximum absolute atomic E-state index is 13.8. The molecule has 0 radical (unpaired) electrons.